The number of nitrogens with one attached hydrogen (secondary N) is 1. The lowest BCUT2D eigenvalue weighted by Crippen LogP contribution is -2.39. The van der Waals surface area contributed by atoms with E-state index in [1.165, 1.54) is 0 Å². The standard InChI is InChI=1S/C13H14BrF2NO3/c1-13(2,3)10(12(19)20)11(18)17-9-4-6(14)7(15)5-8(9)16/h4-5,10H,1-3H3,(H,17,18)(H,19,20). The quantitative estimate of drug-likeness (QED) is 0.649. The highest BCUT2D eigenvalue weighted by atomic mass is 79.9. The number of halogens is 3. The molecule has 1 aromatic carbocycles. The van der Waals surface area contributed by atoms with Crippen LogP contribution in [0.1, 0.15) is 20.8 Å². The van der Waals surface area contributed by atoms with Crippen molar-refractivity contribution in [3.8, 4) is 0 Å². The number of hydrogen-bond acceptors (Lipinski definition) is 2. The Bertz CT molecular complexity index is 555. The van der Waals surface area contributed by atoms with E-state index in [0.717, 1.165) is 6.07 Å². The Hall–Kier alpha value is -1.50. The number of aliphatic carboxylic acids is 1. The maximum atomic E-state index is 13.5. The van der Waals surface area contributed by atoms with Gasteiger partial charge in [-0.05, 0) is 27.4 Å². The molecule has 0 saturated carbocycles. The summed E-state index contributed by atoms with van der Waals surface area (Å²) in [6.45, 7) is 4.76. The topological polar surface area (TPSA) is 66.4 Å². The highest BCUT2D eigenvalue weighted by molar-refractivity contribution is 9.10. The van der Waals surface area contributed by atoms with Crippen LogP contribution in [0.2, 0.25) is 0 Å². The molecule has 0 aliphatic rings. The number of carbonyl (C=O) groups excluding carboxylic acids is 1. The maximum absolute atomic E-state index is 13.5. The minimum absolute atomic E-state index is 0.0307. The van der Waals surface area contributed by atoms with Gasteiger partial charge in [-0.2, -0.15) is 0 Å². The zero-order valence-electron chi connectivity index (χ0n) is 11.1. The largest absolute Gasteiger partial charge is 0.481 e. The minimum Gasteiger partial charge on any atom is -0.481 e. The molecule has 1 atom stereocenters. The fourth-order valence-corrected chi connectivity index (χ4v) is 2.04. The SMILES string of the molecule is CC(C)(C)C(C(=O)O)C(=O)Nc1cc(Br)c(F)cc1F. The average molecular weight is 350 g/mol. The minimum atomic E-state index is -1.36. The number of anilines is 1. The normalized spacial score (nSPS) is 12.9. The van der Waals surface area contributed by atoms with Crippen molar-refractivity contribution in [1.82, 2.24) is 0 Å². The Kier molecular flexibility index (Phi) is 4.86. The number of benzene rings is 1. The lowest BCUT2D eigenvalue weighted by molar-refractivity contribution is -0.149. The number of carbonyl (C=O) groups is 2. The molecule has 110 valence electrons. The smallest absolute Gasteiger partial charge is 0.316 e. The molecule has 0 aromatic heterocycles. The molecule has 0 radical (unpaired) electrons. The first-order valence-corrected chi connectivity index (χ1v) is 6.51. The molecule has 1 rings (SSSR count). The molecule has 7 heteroatoms. The molecule has 20 heavy (non-hydrogen) atoms. The van der Waals surface area contributed by atoms with Gasteiger partial charge in [0.1, 0.15) is 17.6 Å². The second-order valence-corrected chi connectivity index (χ2v) is 6.23. The van der Waals surface area contributed by atoms with Gasteiger partial charge < -0.3 is 10.4 Å². The number of amides is 1. The van der Waals surface area contributed by atoms with Gasteiger partial charge in [-0.25, -0.2) is 8.78 Å². The molecule has 0 fully saturated rings. The summed E-state index contributed by atoms with van der Waals surface area (Å²) in [6, 6.07) is 1.65. The highest BCUT2D eigenvalue weighted by Gasteiger charge is 2.38. The van der Waals surface area contributed by atoms with E-state index in [4.69, 9.17) is 5.11 Å². The van der Waals surface area contributed by atoms with E-state index in [0.29, 0.717) is 6.07 Å². The monoisotopic (exact) mass is 349 g/mol. The van der Waals surface area contributed by atoms with Gasteiger partial charge in [0.25, 0.3) is 0 Å². The van der Waals surface area contributed by atoms with Crippen LogP contribution in [-0.4, -0.2) is 17.0 Å². The van der Waals surface area contributed by atoms with E-state index in [2.05, 4.69) is 21.2 Å². The van der Waals surface area contributed by atoms with Gasteiger partial charge in [-0.15, -0.1) is 0 Å². The Morgan fingerprint density at radius 2 is 1.80 bits per heavy atom. The van der Waals surface area contributed by atoms with E-state index in [-0.39, 0.29) is 10.2 Å². The van der Waals surface area contributed by atoms with E-state index in [1.54, 1.807) is 20.8 Å². The van der Waals surface area contributed by atoms with E-state index in [9.17, 15) is 18.4 Å². The third-order valence-corrected chi connectivity index (χ3v) is 3.25. The number of hydrogen-bond donors (Lipinski definition) is 2. The fourth-order valence-electron chi connectivity index (χ4n) is 1.70. The third-order valence-electron chi connectivity index (χ3n) is 2.64. The Labute approximate surface area is 123 Å². The summed E-state index contributed by atoms with van der Waals surface area (Å²) in [5.74, 6) is -5.31. The van der Waals surface area contributed by atoms with Gasteiger partial charge in [0.15, 0.2) is 0 Å². The van der Waals surface area contributed by atoms with E-state index >= 15 is 0 Å². The summed E-state index contributed by atoms with van der Waals surface area (Å²) in [4.78, 5) is 23.1. The summed E-state index contributed by atoms with van der Waals surface area (Å²) < 4.78 is 26.6. The summed E-state index contributed by atoms with van der Waals surface area (Å²) in [5.41, 5.74) is -1.12. The van der Waals surface area contributed by atoms with Gasteiger partial charge in [0.05, 0.1) is 10.2 Å². The zero-order valence-corrected chi connectivity index (χ0v) is 12.7. The molecule has 4 nitrogen and oxygen atoms in total. The molecular weight excluding hydrogens is 336 g/mol. The van der Waals surface area contributed by atoms with Crippen LogP contribution >= 0.6 is 15.9 Å². The van der Waals surface area contributed by atoms with Crippen molar-refractivity contribution in [1.29, 1.82) is 0 Å². The average Bonchev–Trinajstić information content (AvgIpc) is 2.22. The van der Waals surface area contributed by atoms with Gasteiger partial charge in [0.2, 0.25) is 5.91 Å². The first-order chi connectivity index (χ1) is 9.04. The number of carboxylic acid groups (broad SMARTS) is 1. The van der Waals surface area contributed by atoms with Crippen molar-refractivity contribution in [2.45, 2.75) is 20.8 Å². The Balaban J connectivity index is 3.06. The first kappa shape index (κ1) is 16.6. The second kappa shape index (κ2) is 5.87. The Morgan fingerprint density at radius 1 is 1.25 bits per heavy atom. The van der Waals surface area contributed by atoms with Crippen molar-refractivity contribution in [2.24, 2.45) is 11.3 Å². The van der Waals surface area contributed by atoms with Crippen LogP contribution in [0.4, 0.5) is 14.5 Å². The fraction of sp³-hybridized carbons (Fsp3) is 0.385. The lowest BCUT2D eigenvalue weighted by Gasteiger charge is -2.26. The second-order valence-electron chi connectivity index (χ2n) is 5.37. The van der Waals surface area contributed by atoms with Crippen LogP contribution in [0.25, 0.3) is 0 Å². The summed E-state index contributed by atoms with van der Waals surface area (Å²) in [5, 5.41) is 11.3. The molecule has 1 aromatic rings. The van der Waals surface area contributed by atoms with Crippen molar-refractivity contribution in [3.63, 3.8) is 0 Å². The molecule has 0 aliphatic carbocycles. The van der Waals surface area contributed by atoms with Crippen LogP contribution in [0.3, 0.4) is 0 Å². The van der Waals surface area contributed by atoms with Crippen molar-refractivity contribution < 1.29 is 23.5 Å². The summed E-state index contributed by atoms with van der Waals surface area (Å²) in [6.07, 6.45) is 0. The molecule has 0 bridgehead atoms. The molecule has 0 spiro atoms. The maximum Gasteiger partial charge on any atom is 0.316 e. The third kappa shape index (κ3) is 3.75. The predicted molar refractivity (Wildman–Crippen MR) is 73.3 cm³/mol. The van der Waals surface area contributed by atoms with Crippen molar-refractivity contribution >= 4 is 33.5 Å². The van der Waals surface area contributed by atoms with Crippen LogP contribution in [0.5, 0.6) is 0 Å². The first-order valence-electron chi connectivity index (χ1n) is 5.72. The van der Waals surface area contributed by atoms with E-state index < -0.39 is 34.8 Å². The molecule has 0 aliphatic heterocycles. The molecule has 1 amide bonds. The predicted octanol–water partition coefficient (Wildman–Crippen LogP) is 3.41. The molecule has 2 N–H and O–H groups in total. The van der Waals surface area contributed by atoms with Crippen LogP contribution < -0.4 is 5.32 Å². The van der Waals surface area contributed by atoms with Crippen LogP contribution in [-0.2, 0) is 9.59 Å². The zero-order chi connectivity index (χ0) is 15.7. The lowest BCUT2D eigenvalue weighted by atomic mass is 9.80. The Morgan fingerprint density at radius 3 is 2.25 bits per heavy atom. The van der Waals surface area contributed by atoms with E-state index in [1.807, 2.05) is 0 Å². The molecule has 0 saturated heterocycles. The van der Waals surface area contributed by atoms with Gasteiger partial charge in [0, 0.05) is 6.07 Å². The summed E-state index contributed by atoms with van der Waals surface area (Å²) >= 11 is 2.87. The highest BCUT2D eigenvalue weighted by Crippen LogP contribution is 2.29. The molecule has 1 unspecified atom stereocenters. The van der Waals surface area contributed by atoms with Crippen molar-refractivity contribution in [2.75, 3.05) is 5.32 Å². The molecule has 0 heterocycles. The van der Waals surface area contributed by atoms with Crippen LogP contribution in [0.15, 0.2) is 16.6 Å². The van der Waals surface area contributed by atoms with Gasteiger partial charge >= 0.3 is 5.97 Å². The van der Waals surface area contributed by atoms with Gasteiger partial charge in [-0.1, -0.05) is 20.8 Å². The number of rotatable bonds is 3. The van der Waals surface area contributed by atoms with Gasteiger partial charge in [-0.3, -0.25) is 9.59 Å². The van der Waals surface area contributed by atoms with Crippen LogP contribution in [0, 0.1) is 23.0 Å². The molecular formula is C13H14BrF2NO3. The summed E-state index contributed by atoms with van der Waals surface area (Å²) in [7, 11) is 0. The van der Waals surface area contributed by atoms with Crippen molar-refractivity contribution in [3.05, 3.63) is 28.2 Å². The number of carboxylic acids is 1.